The summed E-state index contributed by atoms with van der Waals surface area (Å²) in [5.74, 6) is 0.0945. The second-order valence-electron chi connectivity index (χ2n) is 5.80. The molecule has 3 rings (SSSR count). The molecule has 1 aliphatic rings. The number of fused-ring (bicyclic) bond motifs is 1. The Morgan fingerprint density at radius 3 is 2.50 bits per heavy atom. The number of carbonyl (C=O) groups excluding carboxylic acids is 1. The molecule has 0 radical (unpaired) electrons. The number of rotatable bonds is 5. The third-order valence-electron chi connectivity index (χ3n) is 4.31. The van der Waals surface area contributed by atoms with Gasteiger partial charge in [-0.05, 0) is 24.0 Å². The van der Waals surface area contributed by atoms with Crippen molar-refractivity contribution < 1.29 is 9.90 Å². The van der Waals surface area contributed by atoms with E-state index in [9.17, 15) is 9.90 Å². The van der Waals surface area contributed by atoms with E-state index < -0.39 is 6.23 Å². The Kier molecular flexibility index (Phi) is 4.66. The molecule has 0 spiro atoms. The van der Waals surface area contributed by atoms with E-state index >= 15 is 0 Å². The standard InChI is InChI=1S/C19H21NO2/c21-18(16-7-2-1-3-8-16)10-11-19(22)20-13-12-15-6-4-5-9-17(15)14-20/h1-9,19,22H,10-14H2. The average Bonchev–Trinajstić information content (AvgIpc) is 2.59. The van der Waals surface area contributed by atoms with Gasteiger partial charge in [0.2, 0.25) is 0 Å². The molecule has 2 aromatic rings. The number of hydrogen-bond acceptors (Lipinski definition) is 3. The van der Waals surface area contributed by atoms with Crippen LogP contribution in [-0.4, -0.2) is 28.6 Å². The first-order valence-corrected chi connectivity index (χ1v) is 7.81. The molecular formula is C19H21NO2. The van der Waals surface area contributed by atoms with Crippen molar-refractivity contribution in [1.29, 1.82) is 0 Å². The Bertz CT molecular complexity index is 639. The lowest BCUT2D eigenvalue weighted by atomic mass is 9.99. The largest absolute Gasteiger partial charge is 0.378 e. The summed E-state index contributed by atoms with van der Waals surface area (Å²) in [5.41, 5.74) is 3.37. The minimum absolute atomic E-state index is 0.0945. The fraction of sp³-hybridized carbons (Fsp3) is 0.316. The Hall–Kier alpha value is -1.97. The molecule has 0 bridgehead atoms. The van der Waals surface area contributed by atoms with Gasteiger partial charge in [-0.15, -0.1) is 0 Å². The van der Waals surface area contributed by atoms with E-state index in [0.717, 1.165) is 25.1 Å². The van der Waals surface area contributed by atoms with Gasteiger partial charge in [0, 0.05) is 25.1 Å². The number of carbonyl (C=O) groups is 1. The van der Waals surface area contributed by atoms with Crippen LogP contribution in [0.15, 0.2) is 54.6 Å². The van der Waals surface area contributed by atoms with Crippen LogP contribution < -0.4 is 0 Å². The smallest absolute Gasteiger partial charge is 0.163 e. The summed E-state index contributed by atoms with van der Waals surface area (Å²) in [6.07, 6.45) is 1.26. The third kappa shape index (κ3) is 3.43. The van der Waals surface area contributed by atoms with Gasteiger partial charge in [-0.1, -0.05) is 54.6 Å². The summed E-state index contributed by atoms with van der Waals surface area (Å²) in [6.45, 7) is 1.61. The normalized spacial score (nSPS) is 16.0. The van der Waals surface area contributed by atoms with Crippen LogP contribution in [0.4, 0.5) is 0 Å². The number of aliphatic hydroxyl groups excluding tert-OH is 1. The van der Waals surface area contributed by atoms with E-state index in [1.807, 2.05) is 36.4 Å². The third-order valence-corrected chi connectivity index (χ3v) is 4.31. The van der Waals surface area contributed by atoms with Crippen molar-refractivity contribution in [3.63, 3.8) is 0 Å². The van der Waals surface area contributed by atoms with Gasteiger partial charge in [0.05, 0.1) is 0 Å². The molecule has 2 aromatic carbocycles. The Morgan fingerprint density at radius 2 is 1.73 bits per heavy atom. The topological polar surface area (TPSA) is 40.5 Å². The first kappa shape index (κ1) is 14.9. The van der Waals surface area contributed by atoms with Crippen molar-refractivity contribution in [2.75, 3.05) is 6.54 Å². The Balaban J connectivity index is 1.55. The quantitative estimate of drug-likeness (QED) is 0.862. The molecule has 0 amide bonds. The first-order chi connectivity index (χ1) is 10.7. The zero-order valence-electron chi connectivity index (χ0n) is 12.6. The van der Waals surface area contributed by atoms with E-state index in [0.29, 0.717) is 12.8 Å². The lowest BCUT2D eigenvalue weighted by Gasteiger charge is -2.32. The first-order valence-electron chi connectivity index (χ1n) is 7.81. The molecule has 0 fully saturated rings. The zero-order valence-corrected chi connectivity index (χ0v) is 12.6. The lowest BCUT2D eigenvalue weighted by molar-refractivity contribution is -0.0118. The van der Waals surface area contributed by atoms with Gasteiger partial charge < -0.3 is 5.11 Å². The number of hydrogen-bond donors (Lipinski definition) is 1. The molecule has 1 atom stereocenters. The predicted molar refractivity (Wildman–Crippen MR) is 86.6 cm³/mol. The van der Waals surface area contributed by atoms with Crippen LogP contribution in [0.5, 0.6) is 0 Å². The summed E-state index contributed by atoms with van der Waals surface area (Å²) in [5, 5.41) is 10.4. The van der Waals surface area contributed by atoms with Gasteiger partial charge in [-0.3, -0.25) is 9.69 Å². The summed E-state index contributed by atoms with van der Waals surface area (Å²) >= 11 is 0. The van der Waals surface area contributed by atoms with Gasteiger partial charge in [-0.2, -0.15) is 0 Å². The predicted octanol–water partition coefficient (Wildman–Crippen LogP) is 3.03. The van der Waals surface area contributed by atoms with Crippen LogP contribution in [0.2, 0.25) is 0 Å². The fourth-order valence-corrected chi connectivity index (χ4v) is 2.98. The average molecular weight is 295 g/mol. The monoisotopic (exact) mass is 295 g/mol. The van der Waals surface area contributed by atoms with Crippen molar-refractivity contribution >= 4 is 5.78 Å². The summed E-state index contributed by atoms with van der Waals surface area (Å²) in [6, 6.07) is 17.6. The molecule has 0 aliphatic carbocycles. The lowest BCUT2D eigenvalue weighted by Crippen LogP contribution is -2.39. The highest BCUT2D eigenvalue weighted by molar-refractivity contribution is 5.95. The van der Waals surface area contributed by atoms with Gasteiger partial charge in [0.1, 0.15) is 6.23 Å². The molecule has 114 valence electrons. The SMILES string of the molecule is O=C(CCC(O)N1CCc2ccccc2C1)c1ccccc1. The summed E-state index contributed by atoms with van der Waals surface area (Å²) in [7, 11) is 0. The molecular weight excluding hydrogens is 274 g/mol. The number of benzene rings is 2. The van der Waals surface area contributed by atoms with Crippen molar-refractivity contribution in [3.05, 3.63) is 71.3 Å². The van der Waals surface area contributed by atoms with Crippen LogP contribution in [0.1, 0.15) is 34.3 Å². The second-order valence-corrected chi connectivity index (χ2v) is 5.80. The van der Waals surface area contributed by atoms with E-state index in [2.05, 4.69) is 23.1 Å². The van der Waals surface area contributed by atoms with E-state index in [1.54, 1.807) is 0 Å². The number of ketones is 1. The van der Waals surface area contributed by atoms with Crippen LogP contribution in [0.25, 0.3) is 0 Å². The van der Waals surface area contributed by atoms with Crippen molar-refractivity contribution in [2.45, 2.75) is 32.0 Å². The molecule has 1 unspecified atom stereocenters. The van der Waals surface area contributed by atoms with Crippen molar-refractivity contribution in [2.24, 2.45) is 0 Å². The van der Waals surface area contributed by atoms with Gasteiger partial charge >= 0.3 is 0 Å². The maximum Gasteiger partial charge on any atom is 0.163 e. The van der Waals surface area contributed by atoms with E-state index in [4.69, 9.17) is 0 Å². The minimum Gasteiger partial charge on any atom is -0.378 e. The zero-order chi connectivity index (χ0) is 15.4. The Labute approximate surface area is 131 Å². The number of nitrogens with zero attached hydrogens (tertiary/aromatic N) is 1. The van der Waals surface area contributed by atoms with Crippen LogP contribution in [0, 0.1) is 0 Å². The van der Waals surface area contributed by atoms with Gasteiger partial charge in [0.25, 0.3) is 0 Å². The van der Waals surface area contributed by atoms with Gasteiger partial charge in [-0.25, -0.2) is 0 Å². The molecule has 1 aliphatic heterocycles. The van der Waals surface area contributed by atoms with Gasteiger partial charge in [0.15, 0.2) is 5.78 Å². The molecule has 0 saturated heterocycles. The molecule has 22 heavy (non-hydrogen) atoms. The second kappa shape index (κ2) is 6.86. The molecule has 0 aromatic heterocycles. The van der Waals surface area contributed by atoms with Crippen molar-refractivity contribution in [1.82, 2.24) is 4.90 Å². The van der Waals surface area contributed by atoms with Crippen molar-refractivity contribution in [3.8, 4) is 0 Å². The number of aliphatic hydroxyl groups is 1. The highest BCUT2D eigenvalue weighted by Gasteiger charge is 2.22. The van der Waals surface area contributed by atoms with E-state index in [1.165, 1.54) is 11.1 Å². The van der Waals surface area contributed by atoms with Crippen LogP contribution >= 0.6 is 0 Å². The van der Waals surface area contributed by atoms with Crippen LogP contribution in [0.3, 0.4) is 0 Å². The molecule has 1 heterocycles. The maximum absolute atomic E-state index is 12.1. The van der Waals surface area contributed by atoms with Crippen LogP contribution in [-0.2, 0) is 13.0 Å². The highest BCUT2D eigenvalue weighted by atomic mass is 16.3. The highest BCUT2D eigenvalue weighted by Crippen LogP contribution is 2.21. The molecule has 3 heteroatoms. The fourth-order valence-electron chi connectivity index (χ4n) is 2.98. The minimum atomic E-state index is -0.555. The number of Topliss-reactive ketones (excluding diaryl/α,β-unsaturated/α-hetero) is 1. The molecule has 3 nitrogen and oxygen atoms in total. The summed E-state index contributed by atoms with van der Waals surface area (Å²) in [4.78, 5) is 14.2. The molecule has 0 saturated carbocycles. The maximum atomic E-state index is 12.1. The Morgan fingerprint density at radius 1 is 1.05 bits per heavy atom. The van der Waals surface area contributed by atoms with E-state index in [-0.39, 0.29) is 5.78 Å². The summed E-state index contributed by atoms with van der Waals surface area (Å²) < 4.78 is 0. The molecule has 1 N–H and O–H groups in total.